The van der Waals surface area contributed by atoms with Gasteiger partial charge in [0.2, 0.25) is 0 Å². The van der Waals surface area contributed by atoms with Crippen molar-refractivity contribution in [3.8, 4) is 0 Å². The van der Waals surface area contributed by atoms with Crippen LogP contribution in [0.3, 0.4) is 0 Å². The second kappa shape index (κ2) is 4.20. The van der Waals surface area contributed by atoms with Crippen molar-refractivity contribution in [2.75, 3.05) is 13.1 Å². The van der Waals surface area contributed by atoms with E-state index in [1.165, 1.54) is 25.7 Å². The van der Waals surface area contributed by atoms with Crippen molar-refractivity contribution in [3.63, 3.8) is 0 Å². The van der Waals surface area contributed by atoms with Crippen LogP contribution in [0.1, 0.15) is 39.0 Å². The maximum atomic E-state index is 11.8. The van der Waals surface area contributed by atoms with E-state index in [0.29, 0.717) is 6.04 Å². The smallest absolute Gasteiger partial charge is 0.317 e. The lowest BCUT2D eigenvalue weighted by Crippen LogP contribution is -2.42. The Morgan fingerprint density at radius 2 is 2.07 bits per heavy atom. The average Bonchev–Trinajstić information content (AvgIpc) is 3.02. The number of carbonyl (C=O) groups is 1. The van der Waals surface area contributed by atoms with Gasteiger partial charge in [-0.3, -0.25) is 0 Å². The summed E-state index contributed by atoms with van der Waals surface area (Å²) < 4.78 is 0. The molecular weight excluding hydrogens is 176 g/mol. The molecule has 0 saturated heterocycles. The van der Waals surface area contributed by atoms with Gasteiger partial charge in [0, 0.05) is 19.1 Å². The van der Waals surface area contributed by atoms with E-state index in [1.807, 2.05) is 0 Å². The number of nitrogens with one attached hydrogen (secondary N) is 1. The highest BCUT2D eigenvalue weighted by atomic mass is 16.2. The molecule has 0 aliphatic heterocycles. The minimum atomic E-state index is 0.168. The third-order valence-electron chi connectivity index (χ3n) is 2.93. The van der Waals surface area contributed by atoms with Crippen molar-refractivity contribution in [3.05, 3.63) is 0 Å². The van der Waals surface area contributed by atoms with Crippen LogP contribution in [-0.2, 0) is 0 Å². The fourth-order valence-corrected chi connectivity index (χ4v) is 1.70. The SMILES string of the molecule is CCCNC(=O)N(CC1CC1)C1CC1. The molecule has 0 aromatic carbocycles. The Kier molecular flexibility index (Phi) is 2.94. The summed E-state index contributed by atoms with van der Waals surface area (Å²) in [5, 5.41) is 2.97. The summed E-state index contributed by atoms with van der Waals surface area (Å²) in [6.07, 6.45) is 6.10. The lowest BCUT2D eigenvalue weighted by atomic mass is 10.3. The van der Waals surface area contributed by atoms with Crippen LogP contribution in [0.15, 0.2) is 0 Å². The molecule has 14 heavy (non-hydrogen) atoms. The molecule has 2 rings (SSSR count). The number of nitrogens with zero attached hydrogens (tertiary/aromatic N) is 1. The molecule has 0 unspecified atom stereocenters. The van der Waals surface area contributed by atoms with Crippen molar-refractivity contribution in [2.24, 2.45) is 5.92 Å². The van der Waals surface area contributed by atoms with Crippen LogP contribution < -0.4 is 5.32 Å². The predicted molar refractivity (Wildman–Crippen MR) is 56.1 cm³/mol. The number of hydrogen-bond acceptors (Lipinski definition) is 1. The van der Waals surface area contributed by atoms with Crippen LogP contribution in [0.25, 0.3) is 0 Å². The molecule has 0 bridgehead atoms. The maximum absolute atomic E-state index is 11.8. The van der Waals surface area contributed by atoms with E-state index in [4.69, 9.17) is 0 Å². The lowest BCUT2D eigenvalue weighted by molar-refractivity contribution is 0.192. The van der Waals surface area contributed by atoms with Crippen LogP contribution in [0.5, 0.6) is 0 Å². The molecule has 0 radical (unpaired) electrons. The van der Waals surface area contributed by atoms with Crippen LogP contribution in [-0.4, -0.2) is 30.1 Å². The van der Waals surface area contributed by atoms with Gasteiger partial charge < -0.3 is 10.2 Å². The second-order valence-corrected chi connectivity index (χ2v) is 4.56. The Morgan fingerprint density at radius 1 is 1.36 bits per heavy atom. The van der Waals surface area contributed by atoms with Crippen molar-refractivity contribution >= 4 is 6.03 Å². The van der Waals surface area contributed by atoms with Crippen LogP contribution in [0.4, 0.5) is 4.79 Å². The largest absolute Gasteiger partial charge is 0.338 e. The molecule has 0 atom stereocenters. The van der Waals surface area contributed by atoms with Crippen LogP contribution >= 0.6 is 0 Å². The summed E-state index contributed by atoms with van der Waals surface area (Å²) >= 11 is 0. The molecule has 80 valence electrons. The van der Waals surface area contributed by atoms with Gasteiger partial charge in [-0.05, 0) is 38.0 Å². The Hall–Kier alpha value is -0.730. The highest BCUT2D eigenvalue weighted by Gasteiger charge is 2.36. The zero-order valence-electron chi connectivity index (χ0n) is 8.96. The molecular formula is C11H20N2O. The number of rotatable bonds is 5. The van der Waals surface area contributed by atoms with E-state index in [0.717, 1.165) is 25.4 Å². The Balaban J connectivity index is 1.78. The van der Waals surface area contributed by atoms with Gasteiger partial charge in [0.15, 0.2) is 0 Å². The Labute approximate surface area is 85.8 Å². The maximum Gasteiger partial charge on any atom is 0.317 e. The molecule has 3 nitrogen and oxygen atoms in total. The van der Waals surface area contributed by atoms with Crippen molar-refractivity contribution < 1.29 is 4.79 Å². The molecule has 0 spiro atoms. The van der Waals surface area contributed by atoms with Crippen LogP contribution in [0.2, 0.25) is 0 Å². The third-order valence-corrected chi connectivity index (χ3v) is 2.93. The Morgan fingerprint density at radius 3 is 2.57 bits per heavy atom. The number of amides is 2. The van der Waals surface area contributed by atoms with Crippen LogP contribution in [0, 0.1) is 5.92 Å². The van der Waals surface area contributed by atoms with Gasteiger partial charge in [-0.2, -0.15) is 0 Å². The molecule has 1 N–H and O–H groups in total. The highest BCUT2D eigenvalue weighted by molar-refractivity contribution is 5.74. The zero-order chi connectivity index (χ0) is 9.97. The molecule has 2 aliphatic carbocycles. The monoisotopic (exact) mass is 196 g/mol. The van der Waals surface area contributed by atoms with Gasteiger partial charge in [-0.1, -0.05) is 6.92 Å². The zero-order valence-corrected chi connectivity index (χ0v) is 8.96. The third kappa shape index (κ3) is 2.63. The van der Waals surface area contributed by atoms with E-state index in [1.54, 1.807) is 0 Å². The normalized spacial score (nSPS) is 20.6. The second-order valence-electron chi connectivity index (χ2n) is 4.56. The first-order valence-corrected chi connectivity index (χ1v) is 5.85. The first kappa shape index (κ1) is 9.81. The number of urea groups is 1. The van der Waals surface area contributed by atoms with E-state index < -0.39 is 0 Å². The van der Waals surface area contributed by atoms with Gasteiger partial charge in [-0.25, -0.2) is 4.79 Å². The summed E-state index contributed by atoms with van der Waals surface area (Å²) in [7, 11) is 0. The van der Waals surface area contributed by atoms with Crippen molar-refractivity contribution in [1.29, 1.82) is 0 Å². The topological polar surface area (TPSA) is 32.3 Å². The average molecular weight is 196 g/mol. The van der Waals surface area contributed by atoms with Gasteiger partial charge in [0.1, 0.15) is 0 Å². The van der Waals surface area contributed by atoms with Gasteiger partial charge in [0.25, 0.3) is 0 Å². The minimum Gasteiger partial charge on any atom is -0.338 e. The quantitative estimate of drug-likeness (QED) is 0.716. The first-order chi connectivity index (χ1) is 6.81. The lowest BCUT2D eigenvalue weighted by Gasteiger charge is -2.22. The summed E-state index contributed by atoms with van der Waals surface area (Å²) in [6, 6.07) is 0.730. The molecule has 2 saturated carbocycles. The van der Waals surface area contributed by atoms with E-state index >= 15 is 0 Å². The molecule has 0 aromatic heterocycles. The summed E-state index contributed by atoms with van der Waals surface area (Å²) in [5.74, 6) is 0.808. The standard InChI is InChI=1S/C11H20N2O/c1-2-7-12-11(14)13(10-5-6-10)8-9-3-4-9/h9-10H,2-8H2,1H3,(H,12,14). The fourth-order valence-electron chi connectivity index (χ4n) is 1.70. The molecule has 2 aliphatic rings. The van der Waals surface area contributed by atoms with Gasteiger partial charge >= 0.3 is 6.03 Å². The summed E-state index contributed by atoms with van der Waals surface area (Å²) in [5.41, 5.74) is 0. The van der Waals surface area contributed by atoms with Crippen molar-refractivity contribution in [1.82, 2.24) is 10.2 Å². The number of hydrogen-bond donors (Lipinski definition) is 1. The predicted octanol–water partition coefficient (Wildman–Crippen LogP) is 1.98. The summed E-state index contributed by atoms with van der Waals surface area (Å²) in [6.45, 7) is 3.90. The highest BCUT2D eigenvalue weighted by Crippen LogP contribution is 2.34. The van der Waals surface area contributed by atoms with Crippen molar-refractivity contribution in [2.45, 2.75) is 45.1 Å². The Bertz CT molecular complexity index is 209. The first-order valence-electron chi connectivity index (χ1n) is 5.85. The summed E-state index contributed by atoms with van der Waals surface area (Å²) in [4.78, 5) is 13.8. The minimum absolute atomic E-state index is 0.168. The van der Waals surface area contributed by atoms with Gasteiger partial charge in [-0.15, -0.1) is 0 Å². The van der Waals surface area contributed by atoms with E-state index in [-0.39, 0.29) is 6.03 Å². The molecule has 2 fully saturated rings. The van der Waals surface area contributed by atoms with E-state index in [9.17, 15) is 4.79 Å². The molecule has 0 aromatic rings. The molecule has 2 amide bonds. The van der Waals surface area contributed by atoms with Gasteiger partial charge in [0.05, 0.1) is 0 Å². The van der Waals surface area contributed by atoms with E-state index in [2.05, 4.69) is 17.1 Å². The molecule has 0 heterocycles. The number of carbonyl (C=O) groups excluding carboxylic acids is 1. The molecule has 3 heteroatoms. The fraction of sp³-hybridized carbons (Fsp3) is 0.909.